The Balaban J connectivity index is 1.46. The summed E-state index contributed by atoms with van der Waals surface area (Å²) in [5, 5.41) is 3.77. The van der Waals surface area contributed by atoms with E-state index in [2.05, 4.69) is 39.1 Å². The number of nitrogens with zero attached hydrogens (tertiary/aromatic N) is 2. The van der Waals surface area contributed by atoms with E-state index >= 15 is 0 Å². The lowest BCUT2D eigenvalue weighted by atomic mass is 9.95. The number of hydrogen-bond donors (Lipinski definition) is 1. The molecule has 2 bridgehead atoms. The van der Waals surface area contributed by atoms with Gasteiger partial charge < -0.3 is 9.88 Å². The molecule has 2 fully saturated rings. The van der Waals surface area contributed by atoms with Crippen molar-refractivity contribution in [3.8, 4) is 0 Å². The van der Waals surface area contributed by atoms with Crippen molar-refractivity contribution in [2.75, 3.05) is 5.32 Å². The van der Waals surface area contributed by atoms with Crippen LogP contribution in [-0.4, -0.2) is 15.6 Å². The van der Waals surface area contributed by atoms with Crippen LogP contribution < -0.4 is 5.32 Å². The number of aromatic nitrogens is 2. The van der Waals surface area contributed by atoms with Gasteiger partial charge in [-0.15, -0.1) is 0 Å². The molecule has 2 aliphatic carbocycles. The quantitative estimate of drug-likeness (QED) is 0.918. The van der Waals surface area contributed by atoms with Crippen molar-refractivity contribution in [1.82, 2.24) is 9.55 Å². The Morgan fingerprint density at radius 1 is 1.25 bits per heavy atom. The van der Waals surface area contributed by atoms with Gasteiger partial charge in [0.05, 0.1) is 6.33 Å². The molecule has 1 aromatic heterocycles. The van der Waals surface area contributed by atoms with Gasteiger partial charge in [-0.05, 0) is 48.8 Å². The van der Waals surface area contributed by atoms with E-state index in [9.17, 15) is 0 Å². The van der Waals surface area contributed by atoms with Gasteiger partial charge in [0.1, 0.15) is 0 Å². The van der Waals surface area contributed by atoms with Crippen molar-refractivity contribution in [1.29, 1.82) is 0 Å². The van der Waals surface area contributed by atoms with Gasteiger partial charge in [0.15, 0.2) is 0 Å². The average molecular weight is 267 g/mol. The first-order valence-electron chi connectivity index (χ1n) is 7.68. The van der Waals surface area contributed by atoms with Crippen LogP contribution in [0.4, 0.5) is 5.69 Å². The first-order valence-corrected chi connectivity index (χ1v) is 7.68. The first kappa shape index (κ1) is 12.0. The second-order valence-corrected chi connectivity index (χ2v) is 6.36. The summed E-state index contributed by atoms with van der Waals surface area (Å²) in [4.78, 5) is 4.10. The molecule has 1 heterocycles. The molecule has 0 radical (unpaired) electrons. The highest BCUT2D eigenvalue weighted by atomic mass is 15.0. The number of benzene rings is 1. The largest absolute Gasteiger partial charge is 0.382 e. The molecule has 0 aliphatic heterocycles. The number of fused-ring (bicyclic) bond motifs is 2. The zero-order valence-corrected chi connectivity index (χ0v) is 11.7. The van der Waals surface area contributed by atoms with Crippen LogP contribution in [0.15, 0.2) is 43.0 Å². The Labute approximate surface area is 120 Å². The number of anilines is 1. The lowest BCUT2D eigenvalue weighted by Crippen LogP contribution is -2.25. The van der Waals surface area contributed by atoms with E-state index in [0.717, 1.165) is 18.4 Å². The van der Waals surface area contributed by atoms with E-state index in [-0.39, 0.29) is 0 Å². The molecule has 2 saturated carbocycles. The van der Waals surface area contributed by atoms with Crippen LogP contribution in [0.3, 0.4) is 0 Å². The van der Waals surface area contributed by atoms with Gasteiger partial charge in [0, 0.05) is 30.7 Å². The van der Waals surface area contributed by atoms with Crippen molar-refractivity contribution in [2.45, 2.75) is 38.3 Å². The monoisotopic (exact) mass is 267 g/mol. The van der Waals surface area contributed by atoms with E-state index in [1.165, 1.54) is 36.9 Å². The SMILES string of the molecule is c1cc(Cn2ccnc2)cc(NC2CC3CCC2C3)c1. The standard InChI is InChI=1S/C17H21N3/c1-2-14(11-20-7-6-18-12-20)9-16(3-1)19-17-10-13-4-5-15(17)8-13/h1-3,6-7,9,12-13,15,17,19H,4-5,8,10-11H2. The van der Waals surface area contributed by atoms with E-state index in [1.54, 1.807) is 0 Å². The molecule has 104 valence electrons. The molecule has 0 saturated heterocycles. The van der Waals surface area contributed by atoms with Crippen LogP contribution in [0.5, 0.6) is 0 Å². The van der Waals surface area contributed by atoms with Crippen molar-refractivity contribution >= 4 is 5.69 Å². The predicted octanol–water partition coefficient (Wildman–Crippen LogP) is 3.53. The third-order valence-electron chi connectivity index (χ3n) is 4.94. The molecular formula is C17H21N3. The van der Waals surface area contributed by atoms with Crippen LogP contribution >= 0.6 is 0 Å². The Morgan fingerprint density at radius 2 is 2.25 bits per heavy atom. The summed E-state index contributed by atoms with van der Waals surface area (Å²) in [6.07, 6.45) is 11.4. The Kier molecular flexibility index (Phi) is 2.98. The topological polar surface area (TPSA) is 29.9 Å². The molecule has 4 rings (SSSR count). The normalized spacial score (nSPS) is 27.9. The molecule has 3 heteroatoms. The van der Waals surface area contributed by atoms with Gasteiger partial charge in [-0.2, -0.15) is 0 Å². The summed E-state index contributed by atoms with van der Waals surface area (Å²) in [5.74, 6) is 1.91. The van der Waals surface area contributed by atoms with Crippen LogP contribution in [0.1, 0.15) is 31.2 Å². The number of rotatable bonds is 4. The molecule has 0 amide bonds. The second kappa shape index (κ2) is 4.97. The molecule has 2 aromatic rings. The van der Waals surface area contributed by atoms with Gasteiger partial charge in [0.25, 0.3) is 0 Å². The fourth-order valence-corrected chi connectivity index (χ4v) is 3.99. The number of hydrogen-bond acceptors (Lipinski definition) is 2. The molecule has 3 unspecified atom stereocenters. The Bertz CT molecular complexity index is 576. The fraction of sp³-hybridized carbons (Fsp3) is 0.471. The Hall–Kier alpha value is -1.77. The molecule has 0 spiro atoms. The Morgan fingerprint density at radius 3 is 3.00 bits per heavy atom. The van der Waals surface area contributed by atoms with Gasteiger partial charge in [-0.1, -0.05) is 18.6 Å². The molecule has 20 heavy (non-hydrogen) atoms. The van der Waals surface area contributed by atoms with Crippen LogP contribution in [0, 0.1) is 11.8 Å². The third kappa shape index (κ3) is 2.33. The minimum absolute atomic E-state index is 0.706. The summed E-state index contributed by atoms with van der Waals surface area (Å²) in [6.45, 7) is 0.895. The van der Waals surface area contributed by atoms with Gasteiger partial charge >= 0.3 is 0 Å². The van der Waals surface area contributed by atoms with Crippen LogP contribution in [0.25, 0.3) is 0 Å². The summed E-state index contributed by atoms with van der Waals surface area (Å²) < 4.78 is 2.11. The van der Waals surface area contributed by atoms with Gasteiger partial charge in [-0.3, -0.25) is 0 Å². The zero-order valence-electron chi connectivity index (χ0n) is 11.7. The number of imidazole rings is 1. The zero-order chi connectivity index (χ0) is 13.4. The highest BCUT2D eigenvalue weighted by Crippen LogP contribution is 2.45. The molecule has 3 nitrogen and oxygen atoms in total. The van der Waals surface area contributed by atoms with E-state index < -0.39 is 0 Å². The first-order chi connectivity index (χ1) is 9.87. The van der Waals surface area contributed by atoms with Crippen molar-refractivity contribution in [3.63, 3.8) is 0 Å². The summed E-state index contributed by atoms with van der Waals surface area (Å²) in [7, 11) is 0. The molecular weight excluding hydrogens is 246 g/mol. The summed E-state index contributed by atoms with van der Waals surface area (Å²) >= 11 is 0. The summed E-state index contributed by atoms with van der Waals surface area (Å²) in [6, 6.07) is 9.53. The van der Waals surface area contributed by atoms with Crippen LogP contribution in [-0.2, 0) is 6.54 Å². The molecule has 1 N–H and O–H groups in total. The predicted molar refractivity (Wildman–Crippen MR) is 80.6 cm³/mol. The van der Waals surface area contributed by atoms with Gasteiger partial charge in [-0.25, -0.2) is 4.98 Å². The maximum absolute atomic E-state index is 4.10. The maximum atomic E-state index is 4.10. The molecule has 1 aromatic carbocycles. The van der Waals surface area contributed by atoms with E-state index in [0.29, 0.717) is 6.04 Å². The average Bonchev–Trinajstić information content (AvgIpc) is 3.16. The lowest BCUT2D eigenvalue weighted by Gasteiger charge is -2.24. The highest BCUT2D eigenvalue weighted by Gasteiger charge is 2.39. The third-order valence-corrected chi connectivity index (χ3v) is 4.94. The number of nitrogens with one attached hydrogen (secondary N) is 1. The minimum atomic E-state index is 0.706. The van der Waals surface area contributed by atoms with Crippen molar-refractivity contribution in [2.24, 2.45) is 11.8 Å². The summed E-state index contributed by atoms with van der Waals surface area (Å²) in [5.41, 5.74) is 2.61. The van der Waals surface area contributed by atoms with Crippen molar-refractivity contribution < 1.29 is 0 Å². The van der Waals surface area contributed by atoms with Gasteiger partial charge in [0.2, 0.25) is 0 Å². The van der Waals surface area contributed by atoms with Crippen LogP contribution in [0.2, 0.25) is 0 Å². The maximum Gasteiger partial charge on any atom is 0.0949 e. The molecule has 2 aliphatic rings. The second-order valence-electron chi connectivity index (χ2n) is 6.36. The van der Waals surface area contributed by atoms with E-state index in [1.807, 2.05) is 18.7 Å². The van der Waals surface area contributed by atoms with E-state index in [4.69, 9.17) is 0 Å². The lowest BCUT2D eigenvalue weighted by molar-refractivity contribution is 0.440. The van der Waals surface area contributed by atoms with Crippen molar-refractivity contribution in [3.05, 3.63) is 48.5 Å². The minimum Gasteiger partial charge on any atom is -0.382 e. The fourth-order valence-electron chi connectivity index (χ4n) is 3.99. The highest BCUT2D eigenvalue weighted by molar-refractivity contribution is 5.47. The molecule has 3 atom stereocenters. The smallest absolute Gasteiger partial charge is 0.0949 e.